The van der Waals surface area contributed by atoms with Gasteiger partial charge in [0.05, 0.1) is 22.3 Å². The number of carbonyl (C=O) groups is 2. The Kier molecular flexibility index (Phi) is 3.69. The zero-order chi connectivity index (χ0) is 18.3. The Labute approximate surface area is 148 Å². The minimum atomic E-state index is -0.916. The highest BCUT2D eigenvalue weighted by molar-refractivity contribution is 6.14. The molecule has 0 atom stereocenters. The number of nitrogens with zero attached hydrogens (tertiary/aromatic N) is 3. The number of aryl methyl sites for hydroxylation is 1. The largest absolute Gasteiger partial charge is 0.480 e. The first-order valence-corrected chi connectivity index (χ1v) is 8.06. The molecule has 0 aliphatic heterocycles. The lowest BCUT2D eigenvalue weighted by Gasteiger charge is -2.08. The van der Waals surface area contributed by atoms with Crippen LogP contribution in [0.3, 0.4) is 0 Å². The lowest BCUT2D eigenvalue weighted by Crippen LogP contribution is -2.12. The second-order valence-corrected chi connectivity index (χ2v) is 6.07. The molecule has 0 saturated heterocycles. The van der Waals surface area contributed by atoms with Crippen molar-refractivity contribution in [1.29, 1.82) is 0 Å². The third-order valence-electron chi connectivity index (χ3n) is 4.28. The van der Waals surface area contributed by atoms with Crippen molar-refractivity contribution in [1.82, 2.24) is 14.3 Å². The van der Waals surface area contributed by atoms with Crippen molar-refractivity contribution in [3.8, 4) is 0 Å². The number of aromatic nitrogens is 3. The van der Waals surface area contributed by atoms with E-state index in [1.807, 2.05) is 25.4 Å². The van der Waals surface area contributed by atoms with E-state index in [0.29, 0.717) is 11.3 Å². The third-order valence-corrected chi connectivity index (χ3v) is 4.28. The Hall–Kier alpha value is -3.61. The molecule has 0 unspecified atom stereocenters. The van der Waals surface area contributed by atoms with Crippen LogP contribution in [0.2, 0.25) is 0 Å². The molecule has 2 N–H and O–H groups in total. The van der Waals surface area contributed by atoms with Crippen LogP contribution in [0.4, 0.5) is 5.69 Å². The number of hydrogen-bond donors (Lipinski definition) is 2. The molecule has 7 heteroatoms. The number of anilines is 1. The molecular weight excluding hydrogens is 332 g/mol. The predicted molar refractivity (Wildman–Crippen MR) is 98.2 cm³/mol. The Morgan fingerprint density at radius 2 is 1.92 bits per heavy atom. The van der Waals surface area contributed by atoms with Gasteiger partial charge < -0.3 is 15.0 Å². The van der Waals surface area contributed by atoms with Crippen molar-refractivity contribution in [3.05, 3.63) is 60.4 Å². The number of aliphatic carboxylic acids is 1. The van der Waals surface area contributed by atoms with E-state index in [4.69, 9.17) is 5.11 Å². The van der Waals surface area contributed by atoms with Gasteiger partial charge in [-0.3, -0.25) is 14.3 Å². The average Bonchev–Trinajstić information content (AvgIpc) is 3.17. The number of fused-ring (bicyclic) bond motifs is 2. The molecule has 0 bridgehead atoms. The highest BCUT2D eigenvalue weighted by atomic mass is 16.4. The second kappa shape index (κ2) is 6.03. The van der Waals surface area contributed by atoms with Crippen LogP contribution in [0.15, 0.2) is 54.9 Å². The fraction of sp³-hybridized carbons (Fsp3) is 0.105. The highest BCUT2D eigenvalue weighted by Crippen LogP contribution is 2.26. The minimum Gasteiger partial charge on any atom is -0.480 e. The van der Waals surface area contributed by atoms with Crippen LogP contribution in [-0.2, 0) is 18.4 Å². The Balaban J connectivity index is 1.71. The van der Waals surface area contributed by atoms with Crippen LogP contribution >= 0.6 is 0 Å². The Bertz CT molecular complexity index is 1160. The summed E-state index contributed by atoms with van der Waals surface area (Å²) >= 11 is 0. The average molecular weight is 348 g/mol. The summed E-state index contributed by atoms with van der Waals surface area (Å²) in [5.41, 5.74) is 2.69. The number of amides is 1. The summed E-state index contributed by atoms with van der Waals surface area (Å²) in [4.78, 5) is 23.8. The summed E-state index contributed by atoms with van der Waals surface area (Å²) in [6.07, 6.45) is 3.52. The molecule has 0 aliphatic carbocycles. The summed E-state index contributed by atoms with van der Waals surface area (Å²) < 4.78 is 3.31. The second-order valence-electron chi connectivity index (χ2n) is 6.07. The number of hydrogen-bond acceptors (Lipinski definition) is 3. The van der Waals surface area contributed by atoms with Gasteiger partial charge in [0.15, 0.2) is 0 Å². The van der Waals surface area contributed by atoms with Gasteiger partial charge in [-0.2, -0.15) is 5.10 Å². The fourth-order valence-electron chi connectivity index (χ4n) is 3.17. The van der Waals surface area contributed by atoms with Crippen LogP contribution < -0.4 is 5.32 Å². The Morgan fingerprint density at radius 3 is 2.73 bits per heavy atom. The molecule has 130 valence electrons. The molecule has 0 saturated carbocycles. The summed E-state index contributed by atoms with van der Waals surface area (Å²) in [6.45, 7) is -0.129. The summed E-state index contributed by atoms with van der Waals surface area (Å²) in [6, 6.07) is 12.6. The molecule has 4 aromatic rings. The zero-order valence-corrected chi connectivity index (χ0v) is 14.0. The van der Waals surface area contributed by atoms with Gasteiger partial charge in [-0.25, -0.2) is 0 Å². The van der Waals surface area contributed by atoms with E-state index in [0.717, 1.165) is 21.8 Å². The highest BCUT2D eigenvalue weighted by Gasteiger charge is 2.14. The maximum Gasteiger partial charge on any atom is 0.323 e. The van der Waals surface area contributed by atoms with E-state index in [1.54, 1.807) is 45.8 Å². The van der Waals surface area contributed by atoms with Crippen molar-refractivity contribution in [2.45, 2.75) is 6.54 Å². The third kappa shape index (κ3) is 2.69. The van der Waals surface area contributed by atoms with Gasteiger partial charge in [-0.1, -0.05) is 12.1 Å². The maximum atomic E-state index is 12.8. The van der Waals surface area contributed by atoms with E-state index in [-0.39, 0.29) is 12.5 Å². The lowest BCUT2D eigenvalue weighted by atomic mass is 10.1. The van der Waals surface area contributed by atoms with Crippen LogP contribution in [-0.4, -0.2) is 31.3 Å². The van der Waals surface area contributed by atoms with Gasteiger partial charge in [0.1, 0.15) is 6.54 Å². The Morgan fingerprint density at radius 1 is 1.12 bits per heavy atom. The molecule has 1 amide bonds. The summed E-state index contributed by atoms with van der Waals surface area (Å²) in [5.74, 6) is -1.15. The molecule has 0 spiro atoms. The predicted octanol–water partition coefficient (Wildman–Crippen LogP) is 2.86. The smallest absolute Gasteiger partial charge is 0.323 e. The monoisotopic (exact) mass is 348 g/mol. The first kappa shape index (κ1) is 15.9. The van der Waals surface area contributed by atoms with Crippen LogP contribution in [0, 0.1) is 0 Å². The lowest BCUT2D eigenvalue weighted by molar-refractivity contribution is -0.137. The topological polar surface area (TPSA) is 89.2 Å². The van der Waals surface area contributed by atoms with Gasteiger partial charge in [0.25, 0.3) is 5.91 Å². The first-order chi connectivity index (χ1) is 12.5. The van der Waals surface area contributed by atoms with E-state index < -0.39 is 5.97 Å². The molecule has 26 heavy (non-hydrogen) atoms. The number of benzene rings is 2. The van der Waals surface area contributed by atoms with E-state index in [1.165, 1.54) is 0 Å². The molecule has 0 aliphatic rings. The van der Waals surface area contributed by atoms with Crippen molar-refractivity contribution in [3.63, 3.8) is 0 Å². The van der Waals surface area contributed by atoms with E-state index in [9.17, 15) is 9.59 Å². The van der Waals surface area contributed by atoms with E-state index >= 15 is 0 Å². The van der Waals surface area contributed by atoms with Gasteiger partial charge >= 0.3 is 5.97 Å². The number of carbonyl (C=O) groups excluding carboxylic acids is 1. The first-order valence-electron chi connectivity index (χ1n) is 8.06. The van der Waals surface area contributed by atoms with Gasteiger partial charge in [0.2, 0.25) is 0 Å². The normalized spacial score (nSPS) is 11.1. The number of carboxylic acids is 1. The van der Waals surface area contributed by atoms with Crippen LogP contribution in [0.5, 0.6) is 0 Å². The van der Waals surface area contributed by atoms with Crippen LogP contribution in [0.25, 0.3) is 21.8 Å². The number of nitrogens with one attached hydrogen (secondary N) is 1. The van der Waals surface area contributed by atoms with Gasteiger partial charge in [-0.15, -0.1) is 0 Å². The number of carboxylic acid groups (broad SMARTS) is 1. The molecule has 4 rings (SSSR count). The minimum absolute atomic E-state index is 0.129. The molecule has 0 radical (unpaired) electrons. The maximum absolute atomic E-state index is 12.8. The molecule has 7 nitrogen and oxygen atoms in total. The SMILES string of the molecule is Cn1cc2c(C(=O)Nc3cccc4c3ccn4CC(=O)O)cccc2n1. The zero-order valence-electron chi connectivity index (χ0n) is 14.0. The van der Waals surface area contributed by atoms with E-state index in [2.05, 4.69) is 10.4 Å². The number of rotatable bonds is 4. The van der Waals surface area contributed by atoms with Crippen LogP contribution in [0.1, 0.15) is 10.4 Å². The molecule has 2 aromatic carbocycles. The van der Waals surface area contributed by atoms with Gasteiger partial charge in [-0.05, 0) is 30.3 Å². The molecule has 2 heterocycles. The van der Waals surface area contributed by atoms with Crippen molar-refractivity contribution >= 4 is 39.4 Å². The molecular formula is C19H16N4O3. The fourth-order valence-corrected chi connectivity index (χ4v) is 3.17. The van der Waals surface area contributed by atoms with Crippen molar-refractivity contribution in [2.75, 3.05) is 5.32 Å². The summed E-state index contributed by atoms with van der Waals surface area (Å²) in [5, 5.41) is 17.8. The molecule has 0 fully saturated rings. The standard InChI is InChI=1S/C19H16N4O3/c1-22-10-14-12(4-2-6-16(14)21-22)19(26)20-15-5-3-7-17-13(15)8-9-23(17)11-18(24)25/h2-10H,11H2,1H3,(H,20,26)(H,24,25). The summed E-state index contributed by atoms with van der Waals surface area (Å²) in [7, 11) is 1.81. The molecule has 2 aromatic heterocycles. The van der Waals surface area contributed by atoms with Crippen molar-refractivity contribution < 1.29 is 14.7 Å². The quantitative estimate of drug-likeness (QED) is 0.593. The van der Waals surface area contributed by atoms with Gasteiger partial charge in [0, 0.05) is 30.2 Å². The van der Waals surface area contributed by atoms with Crippen molar-refractivity contribution in [2.24, 2.45) is 7.05 Å².